The number of carbonyl (C=O) groups excluding carboxylic acids is 1. The molecule has 3 heteroatoms. The van der Waals surface area contributed by atoms with E-state index in [9.17, 15) is 4.79 Å². The monoisotopic (exact) mass is 268 g/mol. The van der Waals surface area contributed by atoms with E-state index in [1.54, 1.807) is 0 Å². The van der Waals surface area contributed by atoms with Crippen LogP contribution >= 0.6 is 0 Å². The van der Waals surface area contributed by atoms with Gasteiger partial charge in [0.2, 0.25) is 5.91 Å². The van der Waals surface area contributed by atoms with Crippen LogP contribution in [0, 0.1) is 0 Å². The Bertz CT molecular complexity index is 564. The van der Waals surface area contributed by atoms with Crippen LogP contribution in [0.2, 0.25) is 0 Å². The first-order valence-electron chi connectivity index (χ1n) is 6.82. The van der Waals surface area contributed by atoms with Crippen LogP contribution in [0.25, 0.3) is 0 Å². The minimum atomic E-state index is -0.128. The summed E-state index contributed by atoms with van der Waals surface area (Å²) in [5.74, 6) is -0.0412. The van der Waals surface area contributed by atoms with Crippen molar-refractivity contribution >= 4 is 11.6 Å². The smallest absolute Gasteiger partial charge is 0.225 e. The van der Waals surface area contributed by atoms with Crippen molar-refractivity contribution in [2.75, 3.05) is 5.32 Å². The van der Waals surface area contributed by atoms with Crippen molar-refractivity contribution in [3.63, 3.8) is 0 Å². The largest absolute Gasteiger partial charge is 0.327 e. The van der Waals surface area contributed by atoms with E-state index in [1.807, 2.05) is 49.4 Å². The molecule has 2 aromatic carbocycles. The summed E-state index contributed by atoms with van der Waals surface area (Å²) in [5.41, 5.74) is 8.84. The molecule has 0 aliphatic rings. The summed E-state index contributed by atoms with van der Waals surface area (Å²) in [5, 5.41) is 2.94. The highest BCUT2D eigenvalue weighted by atomic mass is 16.1. The summed E-state index contributed by atoms with van der Waals surface area (Å²) in [6.07, 6.45) is 1.13. The van der Waals surface area contributed by atoms with Gasteiger partial charge in [0.05, 0.1) is 0 Å². The quantitative estimate of drug-likeness (QED) is 0.876. The fourth-order valence-corrected chi connectivity index (χ4v) is 2.11. The molecule has 2 rings (SSSR count). The average molecular weight is 268 g/mol. The van der Waals surface area contributed by atoms with Gasteiger partial charge in [-0.05, 0) is 30.5 Å². The number of carbonyl (C=O) groups is 1. The number of anilines is 1. The number of nitrogens with two attached hydrogens (primary N) is 1. The molecule has 0 aliphatic heterocycles. The zero-order chi connectivity index (χ0) is 14.4. The Hall–Kier alpha value is -2.13. The van der Waals surface area contributed by atoms with E-state index < -0.39 is 0 Å². The molecule has 1 atom stereocenters. The summed E-state index contributed by atoms with van der Waals surface area (Å²) >= 11 is 0. The molecule has 0 heterocycles. The topological polar surface area (TPSA) is 55.1 Å². The summed E-state index contributed by atoms with van der Waals surface area (Å²) in [6.45, 7) is 1.83. The maximum Gasteiger partial charge on any atom is 0.225 e. The molecule has 0 saturated carbocycles. The summed E-state index contributed by atoms with van der Waals surface area (Å²) in [4.78, 5) is 11.8. The standard InChI is InChI=1S/C17H20N2O/c1-13(18)11-17(20)19-16-10-6-5-9-15(16)12-14-7-3-2-4-8-14/h2-10,13H,11-12,18H2,1H3,(H,19,20). The molecule has 0 radical (unpaired) electrons. The van der Waals surface area contributed by atoms with Crippen LogP contribution in [-0.2, 0) is 11.2 Å². The van der Waals surface area contributed by atoms with E-state index in [1.165, 1.54) is 5.56 Å². The van der Waals surface area contributed by atoms with Crippen molar-refractivity contribution in [1.29, 1.82) is 0 Å². The molecule has 1 amide bonds. The van der Waals surface area contributed by atoms with E-state index in [0.717, 1.165) is 17.7 Å². The molecule has 0 aliphatic carbocycles. The van der Waals surface area contributed by atoms with E-state index in [2.05, 4.69) is 17.4 Å². The predicted octanol–water partition coefficient (Wildman–Crippen LogP) is 2.95. The van der Waals surface area contributed by atoms with Crippen molar-refractivity contribution in [2.24, 2.45) is 5.73 Å². The van der Waals surface area contributed by atoms with Crippen LogP contribution in [0.3, 0.4) is 0 Å². The van der Waals surface area contributed by atoms with Gasteiger partial charge in [0, 0.05) is 18.2 Å². The SMILES string of the molecule is CC(N)CC(=O)Nc1ccccc1Cc1ccccc1. The van der Waals surface area contributed by atoms with Gasteiger partial charge in [0.15, 0.2) is 0 Å². The van der Waals surface area contributed by atoms with Gasteiger partial charge < -0.3 is 11.1 Å². The minimum Gasteiger partial charge on any atom is -0.327 e. The van der Waals surface area contributed by atoms with Gasteiger partial charge in [0.1, 0.15) is 0 Å². The Morgan fingerprint density at radius 2 is 1.75 bits per heavy atom. The Labute approximate surface area is 119 Å². The number of para-hydroxylation sites is 1. The molecular weight excluding hydrogens is 248 g/mol. The van der Waals surface area contributed by atoms with Gasteiger partial charge in [-0.1, -0.05) is 48.5 Å². The summed E-state index contributed by atoms with van der Waals surface area (Å²) < 4.78 is 0. The van der Waals surface area contributed by atoms with Gasteiger partial charge in [-0.15, -0.1) is 0 Å². The van der Waals surface area contributed by atoms with Crippen LogP contribution in [-0.4, -0.2) is 11.9 Å². The van der Waals surface area contributed by atoms with E-state index in [-0.39, 0.29) is 11.9 Å². The van der Waals surface area contributed by atoms with Crippen molar-refractivity contribution in [3.05, 3.63) is 65.7 Å². The van der Waals surface area contributed by atoms with E-state index in [4.69, 9.17) is 5.73 Å². The Morgan fingerprint density at radius 1 is 1.10 bits per heavy atom. The van der Waals surface area contributed by atoms with Crippen molar-refractivity contribution in [1.82, 2.24) is 0 Å². The maximum absolute atomic E-state index is 11.8. The van der Waals surface area contributed by atoms with Gasteiger partial charge >= 0.3 is 0 Å². The fraction of sp³-hybridized carbons (Fsp3) is 0.235. The number of nitrogens with one attached hydrogen (secondary N) is 1. The van der Waals surface area contributed by atoms with Gasteiger partial charge in [-0.3, -0.25) is 4.79 Å². The Kier molecular flexibility index (Phi) is 4.91. The lowest BCUT2D eigenvalue weighted by Gasteiger charge is -2.12. The highest BCUT2D eigenvalue weighted by Gasteiger charge is 2.08. The van der Waals surface area contributed by atoms with Crippen molar-refractivity contribution in [2.45, 2.75) is 25.8 Å². The molecule has 104 valence electrons. The first kappa shape index (κ1) is 14.3. The third kappa shape index (κ3) is 4.21. The first-order chi connectivity index (χ1) is 9.65. The molecule has 1 unspecified atom stereocenters. The Balaban J connectivity index is 2.12. The average Bonchev–Trinajstić information content (AvgIpc) is 2.41. The van der Waals surface area contributed by atoms with Crippen LogP contribution in [0.1, 0.15) is 24.5 Å². The van der Waals surface area contributed by atoms with Crippen LogP contribution in [0.5, 0.6) is 0 Å². The molecule has 2 aromatic rings. The van der Waals surface area contributed by atoms with Crippen LogP contribution in [0.4, 0.5) is 5.69 Å². The lowest BCUT2D eigenvalue weighted by molar-refractivity contribution is -0.116. The molecule has 0 saturated heterocycles. The molecule has 0 aromatic heterocycles. The summed E-state index contributed by atoms with van der Waals surface area (Å²) in [6, 6.07) is 18.0. The van der Waals surface area contributed by atoms with Gasteiger partial charge in [-0.2, -0.15) is 0 Å². The van der Waals surface area contributed by atoms with Crippen LogP contribution in [0.15, 0.2) is 54.6 Å². The van der Waals surface area contributed by atoms with Crippen molar-refractivity contribution < 1.29 is 4.79 Å². The third-order valence-electron chi connectivity index (χ3n) is 3.04. The summed E-state index contributed by atoms with van der Waals surface area (Å²) in [7, 11) is 0. The van der Waals surface area contributed by atoms with Gasteiger partial charge in [-0.25, -0.2) is 0 Å². The van der Waals surface area contributed by atoms with Gasteiger partial charge in [0.25, 0.3) is 0 Å². The van der Waals surface area contributed by atoms with Crippen molar-refractivity contribution in [3.8, 4) is 0 Å². The second kappa shape index (κ2) is 6.87. The molecule has 0 fully saturated rings. The lowest BCUT2D eigenvalue weighted by atomic mass is 10.0. The first-order valence-corrected chi connectivity index (χ1v) is 6.82. The fourth-order valence-electron chi connectivity index (χ4n) is 2.11. The van der Waals surface area contributed by atoms with E-state index in [0.29, 0.717) is 6.42 Å². The Morgan fingerprint density at radius 3 is 2.45 bits per heavy atom. The number of hydrogen-bond donors (Lipinski definition) is 2. The predicted molar refractivity (Wildman–Crippen MR) is 82.6 cm³/mol. The third-order valence-corrected chi connectivity index (χ3v) is 3.04. The number of rotatable bonds is 5. The molecule has 0 bridgehead atoms. The number of amides is 1. The lowest BCUT2D eigenvalue weighted by Crippen LogP contribution is -2.24. The molecule has 3 nitrogen and oxygen atoms in total. The number of hydrogen-bond acceptors (Lipinski definition) is 2. The van der Waals surface area contributed by atoms with Crippen LogP contribution < -0.4 is 11.1 Å². The second-order valence-corrected chi connectivity index (χ2v) is 5.05. The zero-order valence-electron chi connectivity index (χ0n) is 11.7. The second-order valence-electron chi connectivity index (χ2n) is 5.05. The molecule has 3 N–H and O–H groups in total. The molecular formula is C17H20N2O. The normalized spacial score (nSPS) is 11.9. The van der Waals surface area contributed by atoms with E-state index >= 15 is 0 Å². The number of benzene rings is 2. The molecule has 20 heavy (non-hydrogen) atoms. The minimum absolute atomic E-state index is 0.0412. The highest BCUT2D eigenvalue weighted by molar-refractivity contribution is 5.91. The maximum atomic E-state index is 11.8. The highest BCUT2D eigenvalue weighted by Crippen LogP contribution is 2.19. The zero-order valence-corrected chi connectivity index (χ0v) is 11.7. The molecule has 0 spiro atoms.